The molecule has 0 aliphatic heterocycles. The van der Waals surface area contributed by atoms with Crippen LogP contribution in [0.3, 0.4) is 0 Å². The zero-order valence-electron chi connectivity index (χ0n) is 17.7. The third kappa shape index (κ3) is 4.87. The Hall–Kier alpha value is -2.96. The van der Waals surface area contributed by atoms with E-state index in [9.17, 15) is 9.59 Å². The van der Waals surface area contributed by atoms with E-state index in [4.69, 9.17) is 32.0 Å². The zero-order valence-corrected chi connectivity index (χ0v) is 19.2. The predicted octanol–water partition coefficient (Wildman–Crippen LogP) is 6.09. The van der Waals surface area contributed by atoms with Gasteiger partial charge < -0.3 is 19.5 Å². The summed E-state index contributed by atoms with van der Waals surface area (Å²) in [7, 11) is 0. The number of furan rings is 2. The first-order chi connectivity index (χ1) is 15.9. The first-order valence-electron chi connectivity index (χ1n) is 10.9. The second-order valence-electron chi connectivity index (χ2n) is 8.43. The van der Waals surface area contributed by atoms with E-state index in [0.29, 0.717) is 40.8 Å². The van der Waals surface area contributed by atoms with Crippen molar-refractivity contribution in [2.24, 2.45) is 5.92 Å². The second kappa shape index (κ2) is 9.12. The Morgan fingerprint density at radius 3 is 2.18 bits per heavy atom. The fourth-order valence-electron chi connectivity index (χ4n) is 4.36. The van der Waals surface area contributed by atoms with Crippen molar-refractivity contribution < 1.29 is 18.4 Å². The Morgan fingerprint density at radius 1 is 0.848 bits per heavy atom. The van der Waals surface area contributed by atoms with Gasteiger partial charge in [-0.15, -0.1) is 0 Å². The second-order valence-corrected chi connectivity index (χ2v) is 9.30. The highest BCUT2D eigenvalue weighted by Gasteiger charge is 2.28. The lowest BCUT2D eigenvalue weighted by Crippen LogP contribution is -2.40. The molecule has 1 fully saturated rings. The number of rotatable bonds is 5. The van der Waals surface area contributed by atoms with Crippen LogP contribution in [0, 0.1) is 5.92 Å². The normalized spacial score (nSPS) is 18.5. The topological polar surface area (TPSA) is 84.5 Å². The predicted molar refractivity (Wildman–Crippen MR) is 128 cm³/mol. The molecule has 5 rings (SSSR count). The van der Waals surface area contributed by atoms with Gasteiger partial charge in [0.15, 0.2) is 5.76 Å². The summed E-state index contributed by atoms with van der Waals surface area (Å²) in [6.07, 6.45) is 2.89. The Labute approximate surface area is 200 Å². The van der Waals surface area contributed by atoms with Crippen LogP contribution in [0.25, 0.3) is 21.9 Å². The number of nitrogens with one attached hydrogen (secondary N) is 2. The summed E-state index contributed by atoms with van der Waals surface area (Å²) >= 11 is 12.0. The number of fused-ring (bicyclic) bond motifs is 2. The van der Waals surface area contributed by atoms with E-state index in [0.717, 1.165) is 29.2 Å². The minimum Gasteiger partial charge on any atom is -0.459 e. The average molecular weight is 485 g/mol. The van der Waals surface area contributed by atoms with E-state index in [2.05, 4.69) is 10.6 Å². The van der Waals surface area contributed by atoms with Crippen LogP contribution in [-0.4, -0.2) is 17.9 Å². The van der Waals surface area contributed by atoms with E-state index in [1.165, 1.54) is 0 Å². The van der Waals surface area contributed by atoms with Gasteiger partial charge >= 0.3 is 0 Å². The van der Waals surface area contributed by atoms with E-state index in [1.54, 1.807) is 30.3 Å². The van der Waals surface area contributed by atoms with Crippen LogP contribution in [0.2, 0.25) is 10.0 Å². The standard InChI is InChI=1S/C25H22Cl2N2O4/c26-17-3-7-21-15(9-17)11-20(32-21)13-28-24(30)14-1-5-19(6-2-14)29-25(31)23-12-16-10-18(27)4-8-22(16)33-23/h3-4,7-12,14,19H,1-2,5-6,13H2,(H,28,30)(H,29,31)/t14-,19-. The number of hydrogen-bond acceptors (Lipinski definition) is 4. The lowest BCUT2D eigenvalue weighted by molar-refractivity contribution is -0.126. The SMILES string of the molecule is O=C(N[C@H]1CC[C@H](C(=O)NCc2cc3cc(Cl)ccc3o2)CC1)c1cc2cc(Cl)ccc2o1. The van der Waals surface area contributed by atoms with Crippen molar-refractivity contribution in [1.29, 1.82) is 0 Å². The molecule has 6 nitrogen and oxygen atoms in total. The molecule has 2 heterocycles. The van der Waals surface area contributed by atoms with Crippen molar-refractivity contribution in [3.8, 4) is 0 Å². The summed E-state index contributed by atoms with van der Waals surface area (Å²) in [4.78, 5) is 25.2. The molecule has 0 spiro atoms. The van der Waals surface area contributed by atoms with E-state index in [-0.39, 0.29) is 29.5 Å². The quantitative estimate of drug-likeness (QED) is 0.358. The lowest BCUT2D eigenvalue weighted by Gasteiger charge is -2.28. The Morgan fingerprint density at radius 2 is 1.48 bits per heavy atom. The molecule has 0 radical (unpaired) electrons. The van der Waals surface area contributed by atoms with Gasteiger partial charge in [0.2, 0.25) is 5.91 Å². The minimum atomic E-state index is -0.250. The smallest absolute Gasteiger partial charge is 0.287 e. The van der Waals surface area contributed by atoms with Crippen molar-refractivity contribution in [2.45, 2.75) is 38.3 Å². The third-order valence-corrected chi connectivity index (χ3v) is 6.57. The van der Waals surface area contributed by atoms with Gasteiger partial charge in [-0.3, -0.25) is 9.59 Å². The van der Waals surface area contributed by atoms with Crippen LogP contribution < -0.4 is 10.6 Å². The number of carbonyl (C=O) groups is 2. The Kier molecular flexibility index (Phi) is 6.04. The van der Waals surface area contributed by atoms with E-state index >= 15 is 0 Å². The van der Waals surface area contributed by atoms with Crippen molar-refractivity contribution in [2.75, 3.05) is 0 Å². The van der Waals surface area contributed by atoms with Gasteiger partial charge in [0.05, 0.1) is 6.54 Å². The summed E-state index contributed by atoms with van der Waals surface area (Å²) < 4.78 is 11.4. The molecule has 0 saturated heterocycles. The summed E-state index contributed by atoms with van der Waals surface area (Å²) in [5.41, 5.74) is 1.37. The van der Waals surface area contributed by atoms with Crippen molar-refractivity contribution in [3.63, 3.8) is 0 Å². The maximum atomic E-state index is 12.6. The van der Waals surface area contributed by atoms with Crippen molar-refractivity contribution >= 4 is 57.0 Å². The third-order valence-electron chi connectivity index (χ3n) is 6.10. The lowest BCUT2D eigenvalue weighted by atomic mass is 9.85. The highest BCUT2D eigenvalue weighted by Crippen LogP contribution is 2.27. The fourth-order valence-corrected chi connectivity index (χ4v) is 4.72. The molecule has 0 unspecified atom stereocenters. The molecule has 0 atom stereocenters. The largest absolute Gasteiger partial charge is 0.459 e. The number of hydrogen-bond donors (Lipinski definition) is 2. The molecule has 2 amide bonds. The molecular weight excluding hydrogens is 463 g/mol. The number of benzene rings is 2. The molecule has 0 bridgehead atoms. The van der Waals surface area contributed by atoms with Gasteiger partial charge in [0, 0.05) is 32.8 Å². The van der Waals surface area contributed by atoms with Crippen LogP contribution in [0.1, 0.15) is 42.0 Å². The number of carbonyl (C=O) groups excluding carboxylic acids is 2. The van der Waals surface area contributed by atoms with Crippen LogP contribution in [-0.2, 0) is 11.3 Å². The van der Waals surface area contributed by atoms with Gasteiger partial charge in [-0.2, -0.15) is 0 Å². The van der Waals surface area contributed by atoms with E-state index in [1.807, 2.05) is 18.2 Å². The summed E-state index contributed by atoms with van der Waals surface area (Å²) in [5, 5.41) is 8.94. The van der Waals surface area contributed by atoms with Crippen LogP contribution in [0.4, 0.5) is 0 Å². The molecule has 2 aromatic heterocycles. The van der Waals surface area contributed by atoms with Gasteiger partial charge in [-0.1, -0.05) is 23.2 Å². The maximum Gasteiger partial charge on any atom is 0.287 e. The maximum absolute atomic E-state index is 12.6. The summed E-state index contributed by atoms with van der Waals surface area (Å²) in [6, 6.07) is 14.3. The van der Waals surface area contributed by atoms with Gasteiger partial charge in [0.25, 0.3) is 5.91 Å². The zero-order chi connectivity index (χ0) is 22.9. The first kappa shape index (κ1) is 21.9. The Bertz CT molecular complexity index is 1330. The molecule has 33 heavy (non-hydrogen) atoms. The molecule has 2 aromatic carbocycles. The van der Waals surface area contributed by atoms with Gasteiger partial charge in [0.1, 0.15) is 16.9 Å². The van der Waals surface area contributed by atoms with Crippen LogP contribution in [0.15, 0.2) is 57.4 Å². The molecule has 1 aliphatic carbocycles. The summed E-state index contributed by atoms with van der Waals surface area (Å²) in [6.45, 7) is 0.331. The highest BCUT2D eigenvalue weighted by molar-refractivity contribution is 6.31. The van der Waals surface area contributed by atoms with Crippen LogP contribution in [0.5, 0.6) is 0 Å². The molecule has 4 aromatic rings. The first-order valence-corrected chi connectivity index (χ1v) is 11.7. The molecular formula is C25H22Cl2N2O4. The fraction of sp³-hybridized carbons (Fsp3) is 0.280. The highest BCUT2D eigenvalue weighted by atomic mass is 35.5. The molecule has 1 saturated carbocycles. The van der Waals surface area contributed by atoms with Gasteiger partial charge in [-0.05, 0) is 74.2 Å². The molecule has 2 N–H and O–H groups in total. The molecule has 170 valence electrons. The molecule has 8 heteroatoms. The van der Waals surface area contributed by atoms with Crippen LogP contribution >= 0.6 is 23.2 Å². The number of halogens is 2. The van der Waals surface area contributed by atoms with Crippen molar-refractivity contribution in [3.05, 3.63) is 70.1 Å². The van der Waals surface area contributed by atoms with Crippen molar-refractivity contribution in [1.82, 2.24) is 10.6 Å². The van der Waals surface area contributed by atoms with E-state index < -0.39 is 0 Å². The Balaban J connectivity index is 1.11. The minimum absolute atomic E-state index is 0.00688. The summed E-state index contributed by atoms with van der Waals surface area (Å²) in [5.74, 6) is 0.630. The monoisotopic (exact) mass is 484 g/mol. The number of amides is 2. The van der Waals surface area contributed by atoms with Gasteiger partial charge in [-0.25, -0.2) is 0 Å². The molecule has 1 aliphatic rings. The average Bonchev–Trinajstić information content (AvgIpc) is 3.41.